The molecule has 1 aliphatic carbocycles. The average Bonchev–Trinajstić information content (AvgIpc) is 3.20. The van der Waals surface area contributed by atoms with Crippen molar-refractivity contribution in [2.24, 2.45) is 10.9 Å². The Hall–Kier alpha value is -0.370. The van der Waals surface area contributed by atoms with Crippen LogP contribution >= 0.6 is 39.9 Å². The molecular formula is C14H20BrFIN3. The third-order valence-corrected chi connectivity index (χ3v) is 3.51. The molecule has 0 amide bonds. The van der Waals surface area contributed by atoms with Gasteiger partial charge < -0.3 is 10.6 Å². The number of hydrogen-bond donors (Lipinski definition) is 2. The van der Waals surface area contributed by atoms with E-state index in [0.29, 0.717) is 12.1 Å². The third kappa shape index (κ3) is 5.95. The highest BCUT2D eigenvalue weighted by molar-refractivity contribution is 14.0. The van der Waals surface area contributed by atoms with Gasteiger partial charge in [0.2, 0.25) is 0 Å². The Bertz CT molecular complexity index is 464. The predicted octanol–water partition coefficient (Wildman–Crippen LogP) is 3.67. The van der Waals surface area contributed by atoms with Crippen LogP contribution in [0.4, 0.5) is 4.39 Å². The SMILES string of the molecule is CCNC(=NCc1cc(Br)ccc1F)NCC1CC1.I. The minimum absolute atomic E-state index is 0. The summed E-state index contributed by atoms with van der Waals surface area (Å²) in [6, 6.07) is 4.92. The highest BCUT2D eigenvalue weighted by Gasteiger charge is 2.21. The number of nitrogens with zero attached hydrogens (tertiary/aromatic N) is 1. The lowest BCUT2D eigenvalue weighted by Gasteiger charge is -2.11. The number of hydrogen-bond acceptors (Lipinski definition) is 1. The van der Waals surface area contributed by atoms with Crippen molar-refractivity contribution in [2.75, 3.05) is 13.1 Å². The molecule has 0 saturated heterocycles. The van der Waals surface area contributed by atoms with Crippen molar-refractivity contribution in [3.63, 3.8) is 0 Å². The summed E-state index contributed by atoms with van der Waals surface area (Å²) in [5.74, 6) is 1.32. The molecule has 1 aromatic carbocycles. The van der Waals surface area contributed by atoms with Crippen LogP contribution in [-0.4, -0.2) is 19.0 Å². The van der Waals surface area contributed by atoms with E-state index in [1.54, 1.807) is 12.1 Å². The van der Waals surface area contributed by atoms with E-state index in [9.17, 15) is 4.39 Å². The van der Waals surface area contributed by atoms with Crippen molar-refractivity contribution >= 4 is 45.9 Å². The fraction of sp³-hybridized carbons (Fsp3) is 0.500. The van der Waals surface area contributed by atoms with Crippen LogP contribution in [-0.2, 0) is 6.54 Å². The molecule has 0 bridgehead atoms. The largest absolute Gasteiger partial charge is 0.357 e. The molecule has 0 aromatic heterocycles. The molecule has 0 unspecified atom stereocenters. The summed E-state index contributed by atoms with van der Waals surface area (Å²) in [5.41, 5.74) is 0.595. The molecule has 2 N–H and O–H groups in total. The zero-order chi connectivity index (χ0) is 13.7. The van der Waals surface area contributed by atoms with Crippen molar-refractivity contribution in [1.82, 2.24) is 10.6 Å². The van der Waals surface area contributed by atoms with E-state index in [1.165, 1.54) is 18.9 Å². The maximum absolute atomic E-state index is 13.6. The van der Waals surface area contributed by atoms with Crippen molar-refractivity contribution in [3.05, 3.63) is 34.1 Å². The van der Waals surface area contributed by atoms with Gasteiger partial charge in [0.1, 0.15) is 5.82 Å². The first-order valence-corrected chi connectivity index (χ1v) is 7.44. The first-order valence-electron chi connectivity index (χ1n) is 6.65. The number of halogens is 3. The van der Waals surface area contributed by atoms with Crippen LogP contribution in [0.1, 0.15) is 25.3 Å². The van der Waals surface area contributed by atoms with E-state index < -0.39 is 0 Å². The highest BCUT2D eigenvalue weighted by atomic mass is 127. The van der Waals surface area contributed by atoms with Gasteiger partial charge in [-0.2, -0.15) is 0 Å². The fourth-order valence-corrected chi connectivity index (χ4v) is 2.14. The van der Waals surface area contributed by atoms with Gasteiger partial charge in [-0.25, -0.2) is 9.38 Å². The van der Waals surface area contributed by atoms with Crippen molar-refractivity contribution in [3.8, 4) is 0 Å². The Morgan fingerprint density at radius 3 is 2.80 bits per heavy atom. The van der Waals surface area contributed by atoms with Gasteiger partial charge in [-0.15, -0.1) is 24.0 Å². The van der Waals surface area contributed by atoms with Gasteiger partial charge in [0.25, 0.3) is 0 Å². The lowest BCUT2D eigenvalue weighted by atomic mass is 10.2. The summed E-state index contributed by atoms with van der Waals surface area (Å²) < 4.78 is 14.5. The summed E-state index contributed by atoms with van der Waals surface area (Å²) in [4.78, 5) is 4.42. The van der Waals surface area contributed by atoms with E-state index in [2.05, 4.69) is 31.6 Å². The van der Waals surface area contributed by atoms with Gasteiger partial charge in [-0.3, -0.25) is 0 Å². The van der Waals surface area contributed by atoms with Crippen LogP contribution in [0.5, 0.6) is 0 Å². The molecule has 6 heteroatoms. The van der Waals surface area contributed by atoms with Crippen LogP contribution in [0.2, 0.25) is 0 Å². The maximum Gasteiger partial charge on any atom is 0.191 e. The molecule has 20 heavy (non-hydrogen) atoms. The first kappa shape index (κ1) is 17.7. The van der Waals surface area contributed by atoms with Crippen molar-refractivity contribution in [1.29, 1.82) is 0 Å². The van der Waals surface area contributed by atoms with E-state index in [4.69, 9.17) is 0 Å². The molecule has 0 heterocycles. The molecule has 1 aromatic rings. The summed E-state index contributed by atoms with van der Waals surface area (Å²) >= 11 is 3.35. The minimum atomic E-state index is -0.218. The standard InChI is InChI=1S/C14H19BrFN3.HI/c1-2-17-14(18-8-10-3-4-10)19-9-11-7-12(15)5-6-13(11)16;/h5-7,10H,2-4,8-9H2,1H3,(H2,17,18,19);1H. The second-order valence-electron chi connectivity index (χ2n) is 4.76. The van der Waals surface area contributed by atoms with Gasteiger partial charge in [-0.1, -0.05) is 15.9 Å². The predicted molar refractivity (Wildman–Crippen MR) is 95.1 cm³/mol. The smallest absolute Gasteiger partial charge is 0.191 e. The van der Waals surface area contributed by atoms with Gasteiger partial charge in [0.15, 0.2) is 5.96 Å². The average molecular weight is 456 g/mol. The summed E-state index contributed by atoms with van der Waals surface area (Å²) in [7, 11) is 0. The van der Waals surface area contributed by atoms with Crippen LogP contribution < -0.4 is 10.6 Å². The fourth-order valence-electron chi connectivity index (χ4n) is 1.73. The lowest BCUT2D eigenvalue weighted by molar-refractivity contribution is 0.609. The third-order valence-electron chi connectivity index (χ3n) is 3.01. The summed E-state index contributed by atoms with van der Waals surface area (Å²) in [6.45, 7) is 4.11. The monoisotopic (exact) mass is 455 g/mol. The second-order valence-corrected chi connectivity index (χ2v) is 5.67. The van der Waals surface area contributed by atoms with Crippen molar-refractivity contribution < 1.29 is 4.39 Å². The van der Waals surface area contributed by atoms with E-state index in [1.807, 2.05) is 6.92 Å². The van der Waals surface area contributed by atoms with Gasteiger partial charge in [-0.05, 0) is 43.9 Å². The molecule has 1 saturated carbocycles. The van der Waals surface area contributed by atoms with Gasteiger partial charge >= 0.3 is 0 Å². The molecule has 112 valence electrons. The molecule has 0 spiro atoms. The number of guanidine groups is 1. The van der Waals surface area contributed by atoms with Crippen LogP contribution in [0.3, 0.4) is 0 Å². The number of benzene rings is 1. The molecule has 1 fully saturated rings. The Labute approximate surface area is 145 Å². The number of aliphatic imine (C=N–C) groups is 1. The number of nitrogens with one attached hydrogen (secondary N) is 2. The minimum Gasteiger partial charge on any atom is -0.357 e. The summed E-state index contributed by atoms with van der Waals surface area (Å²) in [6.07, 6.45) is 2.60. The Balaban J connectivity index is 0.00000200. The Kier molecular flexibility index (Phi) is 7.79. The van der Waals surface area contributed by atoms with E-state index in [0.717, 1.165) is 29.4 Å². The van der Waals surface area contributed by atoms with Crippen molar-refractivity contribution in [2.45, 2.75) is 26.3 Å². The molecule has 1 aliphatic rings. The van der Waals surface area contributed by atoms with Crippen LogP contribution in [0.25, 0.3) is 0 Å². The summed E-state index contributed by atoms with van der Waals surface area (Å²) in [5, 5.41) is 6.47. The van der Waals surface area contributed by atoms with Crippen LogP contribution in [0, 0.1) is 11.7 Å². The normalized spacial score (nSPS) is 14.7. The van der Waals surface area contributed by atoms with Gasteiger partial charge in [0, 0.05) is 23.1 Å². The molecular weight excluding hydrogens is 436 g/mol. The molecule has 0 aliphatic heterocycles. The van der Waals surface area contributed by atoms with E-state index >= 15 is 0 Å². The van der Waals surface area contributed by atoms with Crippen LogP contribution in [0.15, 0.2) is 27.7 Å². The molecule has 2 rings (SSSR count). The molecule has 0 atom stereocenters. The van der Waals surface area contributed by atoms with Gasteiger partial charge in [0.05, 0.1) is 6.54 Å². The van der Waals surface area contributed by atoms with E-state index in [-0.39, 0.29) is 29.8 Å². The highest BCUT2D eigenvalue weighted by Crippen LogP contribution is 2.27. The second kappa shape index (κ2) is 8.81. The Morgan fingerprint density at radius 1 is 1.40 bits per heavy atom. The Morgan fingerprint density at radius 2 is 2.15 bits per heavy atom. The molecule has 0 radical (unpaired) electrons. The number of rotatable bonds is 5. The zero-order valence-corrected chi connectivity index (χ0v) is 15.4. The first-order chi connectivity index (χ1) is 9.19. The zero-order valence-electron chi connectivity index (χ0n) is 11.5. The topological polar surface area (TPSA) is 36.4 Å². The quantitative estimate of drug-likeness (QED) is 0.403. The lowest BCUT2D eigenvalue weighted by Crippen LogP contribution is -2.38. The maximum atomic E-state index is 13.6. The molecule has 3 nitrogen and oxygen atoms in total.